The average molecular weight is 343 g/mol. The van der Waals surface area contributed by atoms with E-state index in [0.29, 0.717) is 12.2 Å². The Morgan fingerprint density at radius 1 is 1.48 bits per heavy atom. The van der Waals surface area contributed by atoms with Gasteiger partial charge < -0.3 is 14.6 Å². The fraction of sp³-hybridized carbons (Fsp3) is 0.533. The van der Waals surface area contributed by atoms with Crippen LogP contribution in [-0.2, 0) is 19.5 Å². The first kappa shape index (κ1) is 17.9. The van der Waals surface area contributed by atoms with E-state index in [4.69, 9.17) is 14.6 Å². The second kappa shape index (κ2) is 6.56. The molecule has 0 amide bonds. The number of ether oxygens (including phenoxy) is 2. The van der Waals surface area contributed by atoms with Gasteiger partial charge in [0.05, 0.1) is 35.8 Å². The molecule has 128 valence electrons. The Morgan fingerprint density at radius 2 is 2.17 bits per heavy atom. The van der Waals surface area contributed by atoms with Gasteiger partial charge in [0.2, 0.25) is 10.0 Å². The number of carboxylic acid groups (broad SMARTS) is 1. The summed E-state index contributed by atoms with van der Waals surface area (Å²) in [5, 5.41) is 9.07. The quantitative estimate of drug-likeness (QED) is 0.861. The summed E-state index contributed by atoms with van der Waals surface area (Å²) in [6.07, 6.45) is 0. The molecule has 1 saturated heterocycles. The third kappa shape index (κ3) is 3.40. The average Bonchev–Trinajstić information content (AvgIpc) is 2.46. The highest BCUT2D eigenvalue weighted by Crippen LogP contribution is 2.29. The molecule has 1 fully saturated rings. The largest absolute Gasteiger partial charge is 0.478 e. The van der Waals surface area contributed by atoms with Crippen LogP contribution in [0.4, 0.5) is 0 Å². The van der Waals surface area contributed by atoms with Crippen LogP contribution in [0.25, 0.3) is 0 Å². The van der Waals surface area contributed by atoms with E-state index < -0.39 is 21.5 Å². The van der Waals surface area contributed by atoms with Crippen LogP contribution in [0.2, 0.25) is 0 Å². The number of rotatable bonds is 5. The van der Waals surface area contributed by atoms with E-state index in [1.54, 1.807) is 13.8 Å². The predicted octanol–water partition coefficient (Wildman–Crippen LogP) is 1.12. The number of aryl methyl sites for hydroxylation is 1. The van der Waals surface area contributed by atoms with E-state index in [2.05, 4.69) is 0 Å². The minimum atomic E-state index is -3.78. The summed E-state index contributed by atoms with van der Waals surface area (Å²) in [6, 6.07) is 4.04. The van der Waals surface area contributed by atoms with Crippen LogP contribution in [0, 0.1) is 6.92 Å². The van der Waals surface area contributed by atoms with Crippen LogP contribution in [0.15, 0.2) is 23.1 Å². The number of carbonyl (C=O) groups is 1. The second-order valence-corrected chi connectivity index (χ2v) is 7.70. The first-order valence-electron chi connectivity index (χ1n) is 7.16. The van der Waals surface area contributed by atoms with Gasteiger partial charge in [0, 0.05) is 13.7 Å². The summed E-state index contributed by atoms with van der Waals surface area (Å²) >= 11 is 0. The lowest BCUT2D eigenvalue weighted by atomic mass is 10.0. The Kier molecular flexibility index (Phi) is 5.10. The first-order chi connectivity index (χ1) is 10.7. The maximum atomic E-state index is 13.0. The van der Waals surface area contributed by atoms with E-state index in [9.17, 15) is 13.2 Å². The summed E-state index contributed by atoms with van der Waals surface area (Å²) in [5.41, 5.74) is -0.309. The number of morpholine rings is 1. The molecule has 0 spiro atoms. The molecule has 1 atom stereocenters. The molecule has 0 radical (unpaired) electrons. The van der Waals surface area contributed by atoms with E-state index in [0.717, 1.165) is 0 Å². The zero-order valence-corrected chi connectivity index (χ0v) is 14.2. The maximum Gasteiger partial charge on any atom is 0.335 e. The van der Waals surface area contributed by atoms with E-state index in [1.807, 2.05) is 0 Å². The molecule has 1 N–H and O–H groups in total. The molecule has 1 aliphatic heterocycles. The van der Waals surface area contributed by atoms with Crippen molar-refractivity contribution in [1.82, 2.24) is 4.31 Å². The molecular formula is C15H21NO6S. The van der Waals surface area contributed by atoms with Crippen molar-refractivity contribution in [3.05, 3.63) is 29.3 Å². The summed E-state index contributed by atoms with van der Waals surface area (Å²) in [5.74, 6) is -1.08. The highest BCUT2D eigenvalue weighted by atomic mass is 32.2. The molecule has 2 rings (SSSR count). The summed E-state index contributed by atoms with van der Waals surface area (Å²) < 4.78 is 37.9. The van der Waals surface area contributed by atoms with Crippen LogP contribution >= 0.6 is 0 Å². The van der Waals surface area contributed by atoms with Gasteiger partial charge in [-0.25, -0.2) is 13.2 Å². The number of hydrogen-bond acceptors (Lipinski definition) is 5. The Hall–Kier alpha value is -1.48. The van der Waals surface area contributed by atoms with Crippen molar-refractivity contribution < 1.29 is 27.8 Å². The smallest absolute Gasteiger partial charge is 0.335 e. The molecule has 1 heterocycles. The Balaban J connectivity index is 2.44. The fourth-order valence-corrected chi connectivity index (χ4v) is 4.60. The van der Waals surface area contributed by atoms with Crippen LogP contribution < -0.4 is 0 Å². The number of benzene rings is 1. The van der Waals surface area contributed by atoms with E-state index in [-0.39, 0.29) is 30.2 Å². The molecule has 1 unspecified atom stereocenters. The Bertz CT molecular complexity index is 698. The van der Waals surface area contributed by atoms with Gasteiger partial charge in [0.1, 0.15) is 0 Å². The fourth-order valence-electron chi connectivity index (χ4n) is 2.78. The lowest BCUT2D eigenvalue weighted by Gasteiger charge is -2.42. The molecule has 0 aromatic heterocycles. The van der Waals surface area contributed by atoms with Crippen molar-refractivity contribution >= 4 is 16.0 Å². The van der Waals surface area contributed by atoms with Crippen LogP contribution in [0.5, 0.6) is 0 Å². The number of aromatic carboxylic acids is 1. The number of methoxy groups -OCH3 is 1. The van der Waals surface area contributed by atoms with Crippen LogP contribution in [0.3, 0.4) is 0 Å². The SMILES string of the molecule is COCC1(C)COCCN1S(=O)(=O)c1ccc(C(=O)O)c(C)c1. The monoisotopic (exact) mass is 343 g/mol. The van der Waals surface area contributed by atoms with Crippen LogP contribution in [-0.4, -0.2) is 62.8 Å². The van der Waals surface area contributed by atoms with Gasteiger partial charge in [0.15, 0.2) is 0 Å². The molecule has 0 saturated carbocycles. The highest BCUT2D eigenvalue weighted by Gasteiger charge is 2.43. The first-order valence-corrected chi connectivity index (χ1v) is 8.60. The van der Waals surface area contributed by atoms with Gasteiger partial charge in [-0.05, 0) is 37.6 Å². The van der Waals surface area contributed by atoms with Crippen molar-refractivity contribution in [2.75, 3.05) is 33.5 Å². The van der Waals surface area contributed by atoms with Crippen LogP contribution in [0.1, 0.15) is 22.8 Å². The number of nitrogens with zero attached hydrogens (tertiary/aromatic N) is 1. The lowest BCUT2D eigenvalue weighted by Crippen LogP contribution is -2.59. The van der Waals surface area contributed by atoms with E-state index >= 15 is 0 Å². The van der Waals surface area contributed by atoms with Crippen molar-refractivity contribution in [3.63, 3.8) is 0 Å². The van der Waals surface area contributed by atoms with Crippen molar-refractivity contribution in [2.45, 2.75) is 24.3 Å². The van der Waals surface area contributed by atoms with Crippen molar-refractivity contribution in [1.29, 1.82) is 0 Å². The predicted molar refractivity (Wildman–Crippen MR) is 83.1 cm³/mol. The number of sulfonamides is 1. The van der Waals surface area contributed by atoms with Crippen molar-refractivity contribution in [2.24, 2.45) is 0 Å². The third-order valence-electron chi connectivity index (χ3n) is 3.93. The summed E-state index contributed by atoms with van der Waals surface area (Å²) in [7, 11) is -2.27. The molecule has 1 aromatic carbocycles. The lowest BCUT2D eigenvalue weighted by molar-refractivity contribution is -0.0509. The third-order valence-corrected chi connectivity index (χ3v) is 5.98. The molecule has 0 aliphatic carbocycles. The normalized spacial score (nSPS) is 22.9. The van der Waals surface area contributed by atoms with Gasteiger partial charge in [-0.3, -0.25) is 0 Å². The molecule has 23 heavy (non-hydrogen) atoms. The highest BCUT2D eigenvalue weighted by molar-refractivity contribution is 7.89. The zero-order chi connectivity index (χ0) is 17.3. The number of hydrogen-bond donors (Lipinski definition) is 1. The van der Waals surface area contributed by atoms with Gasteiger partial charge in [-0.2, -0.15) is 4.31 Å². The zero-order valence-electron chi connectivity index (χ0n) is 13.4. The maximum absolute atomic E-state index is 13.0. The molecular weight excluding hydrogens is 322 g/mol. The van der Waals surface area contributed by atoms with Gasteiger partial charge in [-0.15, -0.1) is 0 Å². The van der Waals surface area contributed by atoms with Crippen molar-refractivity contribution in [3.8, 4) is 0 Å². The Morgan fingerprint density at radius 3 is 2.74 bits per heavy atom. The van der Waals surface area contributed by atoms with Gasteiger partial charge in [-0.1, -0.05) is 0 Å². The molecule has 1 aliphatic rings. The Labute approximate surface area is 135 Å². The summed E-state index contributed by atoms with van der Waals surface area (Å²) in [6.45, 7) is 4.33. The number of carboxylic acids is 1. The molecule has 7 nitrogen and oxygen atoms in total. The standard InChI is InChI=1S/C15H21NO6S/c1-11-8-12(4-5-13(11)14(17)18)23(19,20)16-6-7-22-10-15(16,2)9-21-3/h4-5,8H,6-7,9-10H2,1-3H3,(H,17,18). The molecule has 0 bridgehead atoms. The minimum Gasteiger partial charge on any atom is -0.478 e. The summed E-state index contributed by atoms with van der Waals surface area (Å²) in [4.78, 5) is 11.2. The van der Waals surface area contributed by atoms with Gasteiger partial charge in [0.25, 0.3) is 0 Å². The minimum absolute atomic E-state index is 0.0734. The van der Waals surface area contributed by atoms with E-state index in [1.165, 1.54) is 29.6 Å². The molecule has 1 aromatic rings. The molecule has 8 heteroatoms. The second-order valence-electron chi connectivity index (χ2n) is 5.84. The topological polar surface area (TPSA) is 93.1 Å². The van der Waals surface area contributed by atoms with Gasteiger partial charge >= 0.3 is 5.97 Å².